The standard InChI is InChI=1S/C16H15N7O2/c17-22-19-9-13-6-7-14(10-20-23-18)15(8-13)21-16(24)25-11-12-4-2-1-3-5-12/h1-8H,9-11H2,(H,21,24). The maximum absolute atomic E-state index is 12.0. The quantitative estimate of drug-likeness (QED) is 0.429. The van der Waals surface area contributed by atoms with Crippen LogP contribution in [0, 0.1) is 0 Å². The predicted octanol–water partition coefficient (Wildman–Crippen LogP) is 5.06. The summed E-state index contributed by atoms with van der Waals surface area (Å²) in [5.74, 6) is 0. The fourth-order valence-electron chi connectivity index (χ4n) is 2.07. The molecule has 0 heterocycles. The van der Waals surface area contributed by atoms with Crippen molar-refractivity contribution in [3.05, 3.63) is 86.1 Å². The molecule has 126 valence electrons. The summed E-state index contributed by atoms with van der Waals surface area (Å²) in [5, 5.41) is 9.61. The Kier molecular flexibility index (Phi) is 6.69. The molecule has 2 rings (SSSR count). The third kappa shape index (κ3) is 5.80. The van der Waals surface area contributed by atoms with E-state index < -0.39 is 6.09 Å². The minimum Gasteiger partial charge on any atom is -0.444 e. The number of benzene rings is 2. The van der Waals surface area contributed by atoms with Crippen molar-refractivity contribution in [2.45, 2.75) is 19.7 Å². The van der Waals surface area contributed by atoms with Gasteiger partial charge in [0, 0.05) is 15.5 Å². The van der Waals surface area contributed by atoms with Crippen LogP contribution in [-0.4, -0.2) is 6.09 Å². The second-order valence-corrected chi connectivity index (χ2v) is 4.96. The van der Waals surface area contributed by atoms with E-state index in [4.69, 9.17) is 15.8 Å². The fourth-order valence-corrected chi connectivity index (χ4v) is 2.07. The lowest BCUT2D eigenvalue weighted by atomic mass is 10.1. The zero-order valence-electron chi connectivity index (χ0n) is 13.2. The van der Waals surface area contributed by atoms with Gasteiger partial charge in [0.15, 0.2) is 0 Å². The summed E-state index contributed by atoms with van der Waals surface area (Å²) >= 11 is 0. The summed E-state index contributed by atoms with van der Waals surface area (Å²) in [4.78, 5) is 17.4. The molecule has 2 aromatic rings. The average Bonchev–Trinajstić information content (AvgIpc) is 2.65. The summed E-state index contributed by atoms with van der Waals surface area (Å²) in [6, 6.07) is 14.4. The van der Waals surface area contributed by atoms with Gasteiger partial charge in [0.2, 0.25) is 0 Å². The molecule has 0 aromatic heterocycles. The molecule has 1 N–H and O–H groups in total. The first-order chi connectivity index (χ1) is 12.2. The lowest BCUT2D eigenvalue weighted by Crippen LogP contribution is -2.15. The first-order valence-corrected chi connectivity index (χ1v) is 7.34. The molecule has 9 heteroatoms. The van der Waals surface area contributed by atoms with Gasteiger partial charge in [-0.1, -0.05) is 52.7 Å². The third-order valence-electron chi connectivity index (χ3n) is 3.24. The average molecular weight is 337 g/mol. The number of amides is 1. The van der Waals surface area contributed by atoms with Gasteiger partial charge >= 0.3 is 6.09 Å². The summed E-state index contributed by atoms with van der Waals surface area (Å²) in [7, 11) is 0. The predicted molar refractivity (Wildman–Crippen MR) is 92.4 cm³/mol. The Labute approximate surface area is 143 Å². The van der Waals surface area contributed by atoms with Crippen LogP contribution in [0.15, 0.2) is 58.8 Å². The van der Waals surface area contributed by atoms with E-state index in [9.17, 15) is 4.79 Å². The molecular formula is C16H15N7O2. The molecule has 0 aliphatic carbocycles. The zero-order chi connectivity index (χ0) is 17.9. The number of ether oxygens (including phenoxy) is 1. The Bertz CT molecular complexity index is 826. The number of carbonyl (C=O) groups is 1. The van der Waals surface area contributed by atoms with Crippen LogP contribution in [0.25, 0.3) is 20.9 Å². The van der Waals surface area contributed by atoms with E-state index >= 15 is 0 Å². The van der Waals surface area contributed by atoms with E-state index in [-0.39, 0.29) is 19.7 Å². The topological polar surface area (TPSA) is 136 Å². The van der Waals surface area contributed by atoms with Crippen molar-refractivity contribution < 1.29 is 9.53 Å². The lowest BCUT2D eigenvalue weighted by molar-refractivity contribution is 0.155. The highest BCUT2D eigenvalue weighted by atomic mass is 16.5. The van der Waals surface area contributed by atoms with Crippen LogP contribution in [-0.2, 0) is 24.4 Å². The summed E-state index contributed by atoms with van der Waals surface area (Å²) in [5.41, 5.74) is 19.5. The molecule has 2 aromatic carbocycles. The van der Waals surface area contributed by atoms with Crippen molar-refractivity contribution in [1.29, 1.82) is 0 Å². The number of anilines is 1. The molecule has 0 bridgehead atoms. The first-order valence-electron chi connectivity index (χ1n) is 7.34. The van der Waals surface area contributed by atoms with Crippen LogP contribution in [0.5, 0.6) is 0 Å². The molecule has 0 spiro atoms. The van der Waals surface area contributed by atoms with Crippen molar-refractivity contribution in [3.8, 4) is 0 Å². The summed E-state index contributed by atoms with van der Waals surface area (Å²) in [6.07, 6.45) is -0.632. The van der Waals surface area contributed by atoms with Crippen LogP contribution in [0.2, 0.25) is 0 Å². The Hall–Kier alpha value is -3.67. The van der Waals surface area contributed by atoms with E-state index in [2.05, 4.69) is 25.4 Å². The molecule has 9 nitrogen and oxygen atoms in total. The Balaban J connectivity index is 2.09. The SMILES string of the molecule is [N-]=[N+]=NCc1ccc(CN=[N+]=[N-])c(NC(=O)OCc2ccccc2)c1. The van der Waals surface area contributed by atoms with Gasteiger partial charge in [0.05, 0.1) is 13.1 Å². The number of nitrogens with one attached hydrogen (secondary N) is 1. The molecule has 0 aliphatic rings. The van der Waals surface area contributed by atoms with Crippen molar-refractivity contribution in [2.24, 2.45) is 10.2 Å². The van der Waals surface area contributed by atoms with E-state index in [0.29, 0.717) is 16.8 Å². The Morgan fingerprint density at radius 2 is 1.72 bits per heavy atom. The maximum Gasteiger partial charge on any atom is 0.411 e. The van der Waals surface area contributed by atoms with Crippen LogP contribution in [0.4, 0.5) is 10.5 Å². The molecule has 0 saturated carbocycles. The van der Waals surface area contributed by atoms with Gasteiger partial charge in [-0.05, 0) is 33.8 Å². The van der Waals surface area contributed by atoms with Gasteiger partial charge in [-0.3, -0.25) is 5.32 Å². The van der Waals surface area contributed by atoms with Gasteiger partial charge in [-0.2, -0.15) is 0 Å². The van der Waals surface area contributed by atoms with Crippen LogP contribution < -0.4 is 5.32 Å². The summed E-state index contributed by atoms with van der Waals surface area (Å²) < 4.78 is 5.18. The van der Waals surface area contributed by atoms with E-state index in [0.717, 1.165) is 5.56 Å². The van der Waals surface area contributed by atoms with E-state index in [1.807, 2.05) is 30.3 Å². The highest BCUT2D eigenvalue weighted by Crippen LogP contribution is 2.20. The van der Waals surface area contributed by atoms with E-state index in [1.165, 1.54) is 0 Å². The van der Waals surface area contributed by atoms with Gasteiger partial charge < -0.3 is 4.74 Å². The molecule has 0 fully saturated rings. The molecule has 1 amide bonds. The monoisotopic (exact) mass is 337 g/mol. The third-order valence-corrected chi connectivity index (χ3v) is 3.24. The van der Waals surface area contributed by atoms with Gasteiger partial charge in [-0.15, -0.1) is 0 Å². The number of hydrogen-bond donors (Lipinski definition) is 1. The van der Waals surface area contributed by atoms with Gasteiger partial charge in [0.25, 0.3) is 0 Å². The molecule has 0 radical (unpaired) electrons. The number of hydrogen-bond acceptors (Lipinski definition) is 4. The number of carbonyl (C=O) groups excluding carboxylic acids is 1. The largest absolute Gasteiger partial charge is 0.444 e. The van der Waals surface area contributed by atoms with Crippen molar-refractivity contribution in [1.82, 2.24) is 0 Å². The molecular weight excluding hydrogens is 322 g/mol. The summed E-state index contributed by atoms with van der Waals surface area (Å²) in [6.45, 7) is 0.357. The molecule has 0 unspecified atom stereocenters. The van der Waals surface area contributed by atoms with Crippen LogP contribution >= 0.6 is 0 Å². The Morgan fingerprint density at radius 1 is 1.00 bits per heavy atom. The zero-order valence-corrected chi connectivity index (χ0v) is 13.2. The molecule has 0 saturated heterocycles. The second kappa shape index (κ2) is 9.46. The smallest absolute Gasteiger partial charge is 0.411 e. The highest BCUT2D eigenvalue weighted by molar-refractivity contribution is 5.85. The normalized spacial score (nSPS) is 9.44. The van der Waals surface area contributed by atoms with Crippen LogP contribution in [0.1, 0.15) is 16.7 Å². The number of nitrogens with zero attached hydrogens (tertiary/aromatic N) is 6. The molecule has 25 heavy (non-hydrogen) atoms. The minimum absolute atomic E-state index is 0.0760. The molecule has 0 atom stereocenters. The van der Waals surface area contributed by atoms with Crippen molar-refractivity contribution in [2.75, 3.05) is 5.32 Å². The number of azide groups is 2. The van der Waals surface area contributed by atoms with Crippen LogP contribution in [0.3, 0.4) is 0 Å². The Morgan fingerprint density at radius 3 is 2.44 bits per heavy atom. The van der Waals surface area contributed by atoms with E-state index in [1.54, 1.807) is 18.2 Å². The van der Waals surface area contributed by atoms with Crippen molar-refractivity contribution >= 4 is 11.8 Å². The maximum atomic E-state index is 12.0. The fraction of sp³-hybridized carbons (Fsp3) is 0.188. The highest BCUT2D eigenvalue weighted by Gasteiger charge is 2.09. The van der Waals surface area contributed by atoms with Gasteiger partial charge in [0.1, 0.15) is 6.61 Å². The van der Waals surface area contributed by atoms with Gasteiger partial charge in [-0.25, -0.2) is 4.79 Å². The minimum atomic E-state index is -0.632. The van der Waals surface area contributed by atoms with Crippen molar-refractivity contribution in [3.63, 3.8) is 0 Å². The lowest BCUT2D eigenvalue weighted by Gasteiger charge is -2.12. The molecule has 0 aliphatic heterocycles. The second-order valence-electron chi connectivity index (χ2n) is 4.96. The number of rotatable bonds is 7. The first kappa shape index (κ1) is 17.7.